The molecule has 2 rings (SSSR count). The Kier molecular flexibility index (Phi) is 3.93. The Morgan fingerprint density at radius 2 is 2.05 bits per heavy atom. The summed E-state index contributed by atoms with van der Waals surface area (Å²) in [5, 5.41) is 0. The van der Waals surface area contributed by atoms with Crippen molar-refractivity contribution < 1.29 is 4.74 Å². The highest BCUT2D eigenvalue weighted by Gasteiger charge is 2.13. The summed E-state index contributed by atoms with van der Waals surface area (Å²) in [5.41, 5.74) is 11.3. The largest absolute Gasteiger partial charge is 0.490 e. The molecule has 0 amide bonds. The minimum absolute atomic E-state index is 0.0158. The Morgan fingerprint density at radius 1 is 1.35 bits per heavy atom. The number of para-hydroxylation sites is 1. The van der Waals surface area contributed by atoms with E-state index in [1.807, 2.05) is 38.1 Å². The fraction of sp³-hybridized carbons (Fsp3) is 0.286. The molecule has 0 radical (unpaired) electrons. The van der Waals surface area contributed by atoms with Crippen LogP contribution in [0.2, 0.25) is 0 Å². The summed E-state index contributed by atoms with van der Waals surface area (Å²) in [6.07, 6.45) is 0.941. The smallest absolute Gasteiger partial charge is 0.276 e. The van der Waals surface area contributed by atoms with Gasteiger partial charge in [-0.1, -0.05) is 19.1 Å². The highest BCUT2D eigenvalue weighted by Crippen LogP contribution is 2.28. The van der Waals surface area contributed by atoms with Crippen LogP contribution in [0.25, 0.3) is 11.4 Å². The van der Waals surface area contributed by atoms with Gasteiger partial charge in [0.25, 0.3) is 5.56 Å². The number of aromatic amines is 1. The molecular weight excluding hydrogens is 256 g/mol. The molecule has 6 heteroatoms. The van der Waals surface area contributed by atoms with Gasteiger partial charge in [0.2, 0.25) is 0 Å². The van der Waals surface area contributed by atoms with Crippen molar-refractivity contribution in [3.05, 3.63) is 34.6 Å². The summed E-state index contributed by atoms with van der Waals surface area (Å²) in [7, 11) is 0. The van der Waals surface area contributed by atoms with Gasteiger partial charge in [0.05, 0.1) is 11.7 Å². The Labute approximate surface area is 116 Å². The summed E-state index contributed by atoms with van der Waals surface area (Å²) >= 11 is 0. The average Bonchev–Trinajstić information content (AvgIpc) is 2.44. The Hall–Kier alpha value is -2.50. The van der Waals surface area contributed by atoms with Crippen molar-refractivity contribution in [3.8, 4) is 17.1 Å². The molecule has 2 aromatic rings. The molecule has 5 N–H and O–H groups in total. The summed E-state index contributed by atoms with van der Waals surface area (Å²) in [5.74, 6) is 1.01. The van der Waals surface area contributed by atoms with Crippen molar-refractivity contribution in [3.63, 3.8) is 0 Å². The molecule has 0 aliphatic heterocycles. The number of nitrogens with zero attached hydrogens (tertiary/aromatic N) is 1. The van der Waals surface area contributed by atoms with Crippen molar-refractivity contribution >= 4 is 11.5 Å². The Balaban J connectivity index is 2.50. The molecule has 0 aliphatic carbocycles. The lowest BCUT2D eigenvalue weighted by Gasteiger charge is -2.15. The van der Waals surface area contributed by atoms with Crippen molar-refractivity contribution in [2.24, 2.45) is 0 Å². The zero-order valence-corrected chi connectivity index (χ0v) is 11.5. The zero-order chi connectivity index (χ0) is 14.7. The number of ether oxygens (including phenoxy) is 1. The van der Waals surface area contributed by atoms with E-state index < -0.39 is 5.56 Å². The number of hydrogen-bond donors (Lipinski definition) is 3. The first-order valence-electron chi connectivity index (χ1n) is 6.44. The predicted octanol–water partition coefficient (Wildman–Crippen LogP) is 1.78. The lowest BCUT2D eigenvalue weighted by molar-refractivity contribution is 0.218. The van der Waals surface area contributed by atoms with Crippen LogP contribution in [0, 0.1) is 0 Å². The van der Waals surface area contributed by atoms with Gasteiger partial charge in [0.15, 0.2) is 5.82 Å². The minimum Gasteiger partial charge on any atom is -0.490 e. The SMILES string of the molecule is CCC(C)Oc1ccccc1-c1nc(N)c(N)c(=O)[nH]1. The molecule has 0 saturated carbocycles. The Bertz CT molecular complexity index is 666. The standard InChI is InChI=1S/C14H18N4O2/c1-3-8(2)20-10-7-5-4-6-9(10)13-17-12(16)11(15)14(19)18-13/h4-8H,3,15H2,1-2H3,(H3,16,17,18,19). The number of H-pyrrole nitrogens is 1. The van der Waals surface area contributed by atoms with Crippen LogP contribution in [0.5, 0.6) is 5.75 Å². The van der Waals surface area contributed by atoms with Crippen LogP contribution in [0.15, 0.2) is 29.1 Å². The third kappa shape index (κ3) is 2.74. The van der Waals surface area contributed by atoms with Gasteiger partial charge in [-0.25, -0.2) is 4.98 Å². The summed E-state index contributed by atoms with van der Waals surface area (Å²) in [4.78, 5) is 18.4. The molecule has 1 aromatic carbocycles. The van der Waals surface area contributed by atoms with E-state index in [4.69, 9.17) is 16.2 Å². The molecule has 0 fully saturated rings. The maximum absolute atomic E-state index is 11.7. The first kappa shape index (κ1) is 13.9. The van der Waals surface area contributed by atoms with E-state index in [0.717, 1.165) is 6.42 Å². The van der Waals surface area contributed by atoms with Gasteiger partial charge in [0, 0.05) is 0 Å². The van der Waals surface area contributed by atoms with Crippen molar-refractivity contribution in [2.45, 2.75) is 26.4 Å². The van der Waals surface area contributed by atoms with Crippen LogP contribution in [-0.4, -0.2) is 16.1 Å². The van der Waals surface area contributed by atoms with E-state index in [2.05, 4.69) is 9.97 Å². The molecule has 0 spiro atoms. The monoisotopic (exact) mass is 274 g/mol. The van der Waals surface area contributed by atoms with Gasteiger partial charge in [-0.15, -0.1) is 0 Å². The van der Waals surface area contributed by atoms with Crippen LogP contribution in [-0.2, 0) is 0 Å². The van der Waals surface area contributed by atoms with Gasteiger partial charge >= 0.3 is 0 Å². The van der Waals surface area contributed by atoms with Crippen LogP contribution in [0.4, 0.5) is 11.5 Å². The molecule has 0 aliphatic rings. The third-order valence-corrected chi connectivity index (χ3v) is 3.03. The van der Waals surface area contributed by atoms with Gasteiger partial charge in [-0.05, 0) is 25.5 Å². The number of benzene rings is 1. The number of nitrogens with one attached hydrogen (secondary N) is 1. The topological polar surface area (TPSA) is 107 Å². The molecule has 1 heterocycles. The van der Waals surface area contributed by atoms with E-state index in [0.29, 0.717) is 17.1 Å². The van der Waals surface area contributed by atoms with E-state index >= 15 is 0 Å². The zero-order valence-electron chi connectivity index (χ0n) is 11.5. The van der Waals surface area contributed by atoms with Gasteiger partial charge in [-0.3, -0.25) is 4.79 Å². The van der Waals surface area contributed by atoms with Gasteiger partial charge < -0.3 is 21.2 Å². The highest BCUT2D eigenvalue weighted by molar-refractivity contribution is 5.68. The summed E-state index contributed by atoms with van der Waals surface area (Å²) in [6, 6.07) is 7.34. The Morgan fingerprint density at radius 3 is 2.70 bits per heavy atom. The minimum atomic E-state index is -0.453. The van der Waals surface area contributed by atoms with Crippen LogP contribution in [0.3, 0.4) is 0 Å². The molecule has 0 saturated heterocycles. The summed E-state index contributed by atoms with van der Waals surface area (Å²) < 4.78 is 5.82. The molecule has 1 aromatic heterocycles. The fourth-order valence-corrected chi connectivity index (χ4v) is 1.69. The van der Waals surface area contributed by atoms with E-state index in [1.54, 1.807) is 0 Å². The lowest BCUT2D eigenvalue weighted by Crippen LogP contribution is -2.17. The predicted molar refractivity (Wildman–Crippen MR) is 79.5 cm³/mol. The normalized spacial score (nSPS) is 12.1. The van der Waals surface area contributed by atoms with E-state index in [9.17, 15) is 4.79 Å². The second-order valence-corrected chi connectivity index (χ2v) is 4.55. The first-order valence-corrected chi connectivity index (χ1v) is 6.44. The van der Waals surface area contributed by atoms with Gasteiger partial charge in [-0.2, -0.15) is 0 Å². The lowest BCUT2D eigenvalue weighted by atomic mass is 10.2. The van der Waals surface area contributed by atoms with Crippen molar-refractivity contribution in [1.29, 1.82) is 0 Å². The number of hydrogen-bond acceptors (Lipinski definition) is 5. The molecule has 106 valence electrons. The van der Waals surface area contributed by atoms with Crippen molar-refractivity contribution in [2.75, 3.05) is 11.5 Å². The van der Waals surface area contributed by atoms with E-state index in [-0.39, 0.29) is 17.6 Å². The molecule has 20 heavy (non-hydrogen) atoms. The second kappa shape index (κ2) is 5.64. The second-order valence-electron chi connectivity index (χ2n) is 4.55. The quantitative estimate of drug-likeness (QED) is 0.787. The van der Waals surface area contributed by atoms with Gasteiger partial charge in [0.1, 0.15) is 17.3 Å². The molecular formula is C14H18N4O2. The van der Waals surface area contributed by atoms with E-state index in [1.165, 1.54) is 0 Å². The number of nitrogen functional groups attached to an aromatic ring is 2. The third-order valence-electron chi connectivity index (χ3n) is 3.03. The number of nitrogens with two attached hydrogens (primary N) is 2. The first-order chi connectivity index (χ1) is 9.52. The van der Waals surface area contributed by atoms with Crippen LogP contribution < -0.4 is 21.8 Å². The highest BCUT2D eigenvalue weighted by atomic mass is 16.5. The van der Waals surface area contributed by atoms with Crippen molar-refractivity contribution in [1.82, 2.24) is 9.97 Å². The molecule has 1 unspecified atom stereocenters. The average molecular weight is 274 g/mol. The molecule has 1 atom stereocenters. The number of aromatic nitrogens is 2. The number of rotatable bonds is 4. The maximum atomic E-state index is 11.7. The maximum Gasteiger partial charge on any atom is 0.276 e. The molecule has 6 nitrogen and oxygen atoms in total. The molecule has 0 bridgehead atoms. The summed E-state index contributed by atoms with van der Waals surface area (Å²) in [6.45, 7) is 4.01. The fourth-order valence-electron chi connectivity index (χ4n) is 1.69. The van der Waals surface area contributed by atoms with Crippen LogP contribution >= 0.6 is 0 Å². The number of anilines is 2. The van der Waals surface area contributed by atoms with Crippen LogP contribution in [0.1, 0.15) is 20.3 Å².